The molecule has 1 saturated heterocycles. The highest BCUT2D eigenvalue weighted by atomic mass is 19.1. The van der Waals surface area contributed by atoms with Gasteiger partial charge in [0, 0.05) is 25.7 Å². The largest absolute Gasteiger partial charge is 0.369 e. The summed E-state index contributed by atoms with van der Waals surface area (Å²) in [6.07, 6.45) is 6.05. The lowest BCUT2D eigenvalue weighted by Gasteiger charge is -2.25. The first-order valence-electron chi connectivity index (χ1n) is 8.30. The lowest BCUT2D eigenvalue weighted by Crippen LogP contribution is -2.26. The predicted molar refractivity (Wildman–Crippen MR) is 86.1 cm³/mol. The van der Waals surface area contributed by atoms with Crippen molar-refractivity contribution in [3.05, 3.63) is 29.6 Å². The van der Waals surface area contributed by atoms with E-state index in [1.807, 2.05) is 6.07 Å². The maximum absolute atomic E-state index is 14.4. The van der Waals surface area contributed by atoms with E-state index in [0.29, 0.717) is 11.5 Å². The van der Waals surface area contributed by atoms with Gasteiger partial charge in [0.1, 0.15) is 5.82 Å². The standard InChI is InChI=1S/C18H27FN2/c1-18(2)8-3-10-21(11-9-18)17-7-4-14(12-16(17)19)13-20-15-5-6-15/h4,7,12,15,20H,3,5-6,8-11,13H2,1-2H3. The fraction of sp³-hybridized carbons (Fsp3) is 0.667. The third kappa shape index (κ3) is 3.97. The summed E-state index contributed by atoms with van der Waals surface area (Å²) in [5, 5.41) is 3.44. The molecule has 2 aliphatic rings. The Morgan fingerprint density at radius 2 is 2.05 bits per heavy atom. The monoisotopic (exact) mass is 290 g/mol. The van der Waals surface area contributed by atoms with Crippen LogP contribution in [0.25, 0.3) is 0 Å². The van der Waals surface area contributed by atoms with Crippen LogP contribution in [0.1, 0.15) is 51.5 Å². The Morgan fingerprint density at radius 3 is 2.76 bits per heavy atom. The van der Waals surface area contributed by atoms with Gasteiger partial charge in [0.2, 0.25) is 0 Å². The maximum atomic E-state index is 14.4. The van der Waals surface area contributed by atoms with Crippen molar-refractivity contribution in [2.75, 3.05) is 18.0 Å². The zero-order chi connectivity index (χ0) is 14.9. The Bertz CT molecular complexity index is 494. The summed E-state index contributed by atoms with van der Waals surface area (Å²) in [5.41, 5.74) is 2.22. The molecule has 1 N–H and O–H groups in total. The van der Waals surface area contributed by atoms with Crippen molar-refractivity contribution < 1.29 is 4.39 Å². The first-order chi connectivity index (χ1) is 10.0. The van der Waals surface area contributed by atoms with E-state index in [-0.39, 0.29) is 5.82 Å². The van der Waals surface area contributed by atoms with E-state index in [1.165, 1.54) is 19.3 Å². The van der Waals surface area contributed by atoms with E-state index in [4.69, 9.17) is 0 Å². The van der Waals surface area contributed by atoms with Gasteiger partial charge in [0.25, 0.3) is 0 Å². The molecule has 1 aromatic carbocycles. The minimum atomic E-state index is -0.0650. The van der Waals surface area contributed by atoms with Crippen LogP contribution in [-0.4, -0.2) is 19.1 Å². The minimum Gasteiger partial charge on any atom is -0.369 e. The van der Waals surface area contributed by atoms with Crippen molar-refractivity contribution >= 4 is 5.69 Å². The van der Waals surface area contributed by atoms with Crippen LogP contribution in [0.3, 0.4) is 0 Å². The van der Waals surface area contributed by atoms with Crippen LogP contribution in [-0.2, 0) is 6.54 Å². The molecule has 0 amide bonds. The van der Waals surface area contributed by atoms with E-state index in [0.717, 1.165) is 43.7 Å². The molecule has 3 heteroatoms. The molecule has 2 fully saturated rings. The first-order valence-corrected chi connectivity index (χ1v) is 8.30. The molecule has 1 saturated carbocycles. The highest BCUT2D eigenvalue weighted by Crippen LogP contribution is 2.32. The van der Waals surface area contributed by atoms with Crippen molar-refractivity contribution in [3.8, 4) is 0 Å². The van der Waals surface area contributed by atoms with Crippen molar-refractivity contribution in [3.63, 3.8) is 0 Å². The molecule has 2 nitrogen and oxygen atoms in total. The molecule has 0 unspecified atom stereocenters. The molecule has 3 rings (SSSR count). The quantitative estimate of drug-likeness (QED) is 0.898. The SMILES string of the molecule is CC1(C)CCCN(c2ccc(CNC3CC3)cc2F)CC1. The normalized spacial score (nSPS) is 22.1. The van der Waals surface area contributed by atoms with Crippen LogP contribution in [0, 0.1) is 11.2 Å². The van der Waals surface area contributed by atoms with Gasteiger partial charge in [-0.1, -0.05) is 19.9 Å². The lowest BCUT2D eigenvalue weighted by atomic mass is 9.85. The predicted octanol–water partition coefficient (Wildman–Crippen LogP) is 4.09. The van der Waals surface area contributed by atoms with Gasteiger partial charge in [-0.3, -0.25) is 0 Å². The zero-order valence-corrected chi connectivity index (χ0v) is 13.3. The van der Waals surface area contributed by atoms with Gasteiger partial charge < -0.3 is 10.2 Å². The summed E-state index contributed by atoms with van der Waals surface area (Å²) >= 11 is 0. The van der Waals surface area contributed by atoms with Crippen LogP contribution in [0.5, 0.6) is 0 Å². The number of anilines is 1. The lowest BCUT2D eigenvalue weighted by molar-refractivity contribution is 0.325. The molecule has 1 aliphatic heterocycles. The van der Waals surface area contributed by atoms with E-state index in [9.17, 15) is 4.39 Å². The third-order valence-electron chi connectivity index (χ3n) is 4.87. The topological polar surface area (TPSA) is 15.3 Å². The average molecular weight is 290 g/mol. The third-order valence-corrected chi connectivity index (χ3v) is 4.87. The summed E-state index contributed by atoms with van der Waals surface area (Å²) in [7, 11) is 0. The van der Waals surface area contributed by atoms with E-state index >= 15 is 0 Å². The summed E-state index contributed by atoms with van der Waals surface area (Å²) in [4.78, 5) is 2.22. The second-order valence-corrected chi connectivity index (χ2v) is 7.45. The highest BCUT2D eigenvalue weighted by Gasteiger charge is 2.24. The van der Waals surface area contributed by atoms with Gasteiger partial charge >= 0.3 is 0 Å². The molecule has 0 spiro atoms. The molecule has 21 heavy (non-hydrogen) atoms. The van der Waals surface area contributed by atoms with Gasteiger partial charge in [0.05, 0.1) is 5.69 Å². The van der Waals surface area contributed by atoms with Gasteiger partial charge in [-0.2, -0.15) is 0 Å². The molecular weight excluding hydrogens is 263 g/mol. The Hall–Kier alpha value is -1.09. The summed E-state index contributed by atoms with van der Waals surface area (Å²) < 4.78 is 14.4. The minimum absolute atomic E-state index is 0.0650. The van der Waals surface area contributed by atoms with E-state index in [1.54, 1.807) is 6.07 Å². The number of rotatable bonds is 4. The summed E-state index contributed by atoms with van der Waals surface area (Å²) in [5.74, 6) is -0.0650. The smallest absolute Gasteiger partial charge is 0.146 e. The van der Waals surface area contributed by atoms with E-state index < -0.39 is 0 Å². The molecule has 0 aromatic heterocycles. The number of hydrogen-bond donors (Lipinski definition) is 1. The first kappa shape index (κ1) is 14.8. The number of halogens is 1. The second kappa shape index (κ2) is 5.96. The maximum Gasteiger partial charge on any atom is 0.146 e. The molecule has 1 aromatic rings. The Labute approximate surface area is 127 Å². The fourth-order valence-corrected chi connectivity index (χ4v) is 3.13. The van der Waals surface area contributed by atoms with Gasteiger partial charge in [-0.05, 0) is 55.2 Å². The number of nitrogens with zero attached hydrogens (tertiary/aromatic N) is 1. The second-order valence-electron chi connectivity index (χ2n) is 7.45. The van der Waals surface area contributed by atoms with Gasteiger partial charge in [0.15, 0.2) is 0 Å². The molecule has 1 heterocycles. The van der Waals surface area contributed by atoms with Gasteiger partial charge in [-0.25, -0.2) is 4.39 Å². The van der Waals surface area contributed by atoms with Crippen LogP contribution in [0.15, 0.2) is 18.2 Å². The molecule has 0 atom stereocenters. The average Bonchev–Trinajstić information content (AvgIpc) is 3.25. The summed E-state index contributed by atoms with van der Waals surface area (Å²) in [6, 6.07) is 6.42. The van der Waals surface area contributed by atoms with Crippen molar-refractivity contribution in [1.29, 1.82) is 0 Å². The molecule has 116 valence electrons. The number of benzene rings is 1. The Morgan fingerprint density at radius 1 is 1.24 bits per heavy atom. The highest BCUT2D eigenvalue weighted by molar-refractivity contribution is 5.49. The van der Waals surface area contributed by atoms with Crippen molar-refractivity contribution in [2.24, 2.45) is 5.41 Å². The molecular formula is C18H27FN2. The van der Waals surface area contributed by atoms with Crippen molar-refractivity contribution in [1.82, 2.24) is 5.32 Å². The zero-order valence-electron chi connectivity index (χ0n) is 13.3. The summed E-state index contributed by atoms with van der Waals surface area (Å²) in [6.45, 7) is 7.36. The molecule has 0 bridgehead atoms. The molecule has 1 aliphatic carbocycles. The van der Waals surface area contributed by atoms with Crippen LogP contribution in [0.4, 0.5) is 10.1 Å². The van der Waals surface area contributed by atoms with Gasteiger partial charge in [-0.15, -0.1) is 0 Å². The molecule has 0 radical (unpaired) electrons. The van der Waals surface area contributed by atoms with Crippen LogP contribution >= 0.6 is 0 Å². The Balaban J connectivity index is 1.66. The Kier molecular flexibility index (Phi) is 4.21. The van der Waals surface area contributed by atoms with Crippen LogP contribution < -0.4 is 10.2 Å². The number of hydrogen-bond acceptors (Lipinski definition) is 2. The van der Waals surface area contributed by atoms with Crippen LogP contribution in [0.2, 0.25) is 0 Å². The van der Waals surface area contributed by atoms with Crippen molar-refractivity contribution in [2.45, 2.75) is 58.5 Å². The fourth-order valence-electron chi connectivity index (χ4n) is 3.13. The van der Waals surface area contributed by atoms with E-state index in [2.05, 4.69) is 30.1 Å². The number of nitrogens with one attached hydrogen (secondary N) is 1.